The van der Waals surface area contributed by atoms with Gasteiger partial charge in [-0.3, -0.25) is 0 Å². The van der Waals surface area contributed by atoms with Crippen LogP contribution >= 0.6 is 0 Å². The standard InChI is InChI=1S/C14H22O4/c1-3-4-5-6-7-8-9-11-12(13(15)16)10(2)14(17)18-11/h11H,3-9H2,1-2H3,(H,15,16)/t11-/m1/s1. The molecule has 0 saturated heterocycles. The predicted octanol–water partition coefficient (Wildman–Crippen LogP) is 3.06. The van der Waals surface area contributed by atoms with Gasteiger partial charge in [-0.25, -0.2) is 9.59 Å². The van der Waals surface area contributed by atoms with Crippen molar-refractivity contribution in [3.05, 3.63) is 11.1 Å². The van der Waals surface area contributed by atoms with E-state index in [4.69, 9.17) is 9.84 Å². The second-order valence-electron chi connectivity index (χ2n) is 4.79. The molecule has 1 atom stereocenters. The first kappa shape index (κ1) is 14.7. The Bertz CT molecular complexity index is 344. The van der Waals surface area contributed by atoms with Gasteiger partial charge in [0.1, 0.15) is 6.10 Å². The number of carbonyl (C=O) groups is 2. The van der Waals surface area contributed by atoms with Crippen LogP contribution in [0.3, 0.4) is 0 Å². The van der Waals surface area contributed by atoms with Crippen LogP contribution in [-0.2, 0) is 14.3 Å². The first-order valence-electron chi connectivity index (χ1n) is 6.73. The zero-order valence-corrected chi connectivity index (χ0v) is 11.2. The third-order valence-electron chi connectivity index (χ3n) is 3.33. The lowest BCUT2D eigenvalue weighted by Gasteiger charge is -2.11. The van der Waals surface area contributed by atoms with E-state index in [0.29, 0.717) is 6.42 Å². The van der Waals surface area contributed by atoms with E-state index >= 15 is 0 Å². The second kappa shape index (κ2) is 7.19. The van der Waals surface area contributed by atoms with Crippen molar-refractivity contribution in [2.24, 2.45) is 0 Å². The van der Waals surface area contributed by atoms with E-state index in [2.05, 4.69) is 6.92 Å². The Kier molecular flexibility index (Phi) is 5.89. The Hall–Kier alpha value is -1.32. The van der Waals surface area contributed by atoms with Gasteiger partial charge in [0.15, 0.2) is 0 Å². The molecular formula is C14H22O4. The Morgan fingerprint density at radius 1 is 1.22 bits per heavy atom. The van der Waals surface area contributed by atoms with Crippen LogP contribution in [-0.4, -0.2) is 23.1 Å². The van der Waals surface area contributed by atoms with Gasteiger partial charge < -0.3 is 9.84 Å². The number of carbonyl (C=O) groups excluding carboxylic acids is 1. The van der Waals surface area contributed by atoms with Gasteiger partial charge in [-0.05, 0) is 19.8 Å². The molecule has 0 unspecified atom stereocenters. The van der Waals surface area contributed by atoms with Gasteiger partial charge in [0.25, 0.3) is 0 Å². The summed E-state index contributed by atoms with van der Waals surface area (Å²) in [4.78, 5) is 22.4. The van der Waals surface area contributed by atoms with Crippen molar-refractivity contribution in [2.45, 2.75) is 64.9 Å². The van der Waals surface area contributed by atoms with Crippen LogP contribution in [0.2, 0.25) is 0 Å². The highest BCUT2D eigenvalue weighted by Crippen LogP contribution is 2.26. The van der Waals surface area contributed by atoms with Gasteiger partial charge >= 0.3 is 11.9 Å². The molecule has 4 nitrogen and oxygen atoms in total. The summed E-state index contributed by atoms with van der Waals surface area (Å²) < 4.78 is 5.08. The highest BCUT2D eigenvalue weighted by atomic mass is 16.5. The van der Waals surface area contributed by atoms with Crippen LogP contribution in [0, 0.1) is 0 Å². The molecule has 0 aromatic heterocycles. The van der Waals surface area contributed by atoms with Crippen LogP contribution in [0.4, 0.5) is 0 Å². The maximum absolute atomic E-state index is 11.3. The summed E-state index contributed by atoms with van der Waals surface area (Å²) in [5.41, 5.74) is 0.395. The van der Waals surface area contributed by atoms with Gasteiger partial charge in [-0.2, -0.15) is 0 Å². The van der Waals surface area contributed by atoms with E-state index in [1.807, 2.05) is 0 Å². The van der Waals surface area contributed by atoms with E-state index in [1.54, 1.807) is 0 Å². The zero-order chi connectivity index (χ0) is 13.5. The average Bonchev–Trinajstić information content (AvgIpc) is 2.59. The van der Waals surface area contributed by atoms with E-state index in [1.165, 1.54) is 32.6 Å². The lowest BCUT2D eigenvalue weighted by Crippen LogP contribution is -2.17. The van der Waals surface area contributed by atoms with Gasteiger partial charge in [-0.15, -0.1) is 0 Å². The van der Waals surface area contributed by atoms with Crippen molar-refractivity contribution in [3.8, 4) is 0 Å². The molecule has 0 saturated carbocycles. The van der Waals surface area contributed by atoms with Crippen molar-refractivity contribution in [2.75, 3.05) is 0 Å². The van der Waals surface area contributed by atoms with Gasteiger partial charge in [0, 0.05) is 5.57 Å². The van der Waals surface area contributed by atoms with Crippen LogP contribution in [0.15, 0.2) is 11.1 Å². The fourth-order valence-corrected chi connectivity index (χ4v) is 2.24. The Balaban J connectivity index is 2.35. The number of esters is 1. The van der Waals surface area contributed by atoms with Gasteiger partial charge in [0.05, 0.1) is 5.57 Å². The summed E-state index contributed by atoms with van der Waals surface area (Å²) >= 11 is 0. The van der Waals surface area contributed by atoms with E-state index in [0.717, 1.165) is 12.8 Å². The molecule has 1 N–H and O–H groups in total. The largest absolute Gasteiger partial charge is 0.478 e. The molecule has 0 spiro atoms. The number of carboxylic acid groups (broad SMARTS) is 1. The molecule has 1 aliphatic rings. The van der Waals surface area contributed by atoms with Crippen molar-refractivity contribution in [1.29, 1.82) is 0 Å². The predicted molar refractivity (Wildman–Crippen MR) is 68.2 cm³/mol. The second-order valence-corrected chi connectivity index (χ2v) is 4.79. The molecule has 0 aromatic carbocycles. The SMILES string of the molecule is CCCCCCCC[C@H]1OC(=O)C(C)=C1C(=O)O. The van der Waals surface area contributed by atoms with Crippen LogP contribution in [0.5, 0.6) is 0 Å². The van der Waals surface area contributed by atoms with Crippen molar-refractivity contribution in [1.82, 2.24) is 0 Å². The molecule has 0 aromatic rings. The summed E-state index contributed by atoms with van der Waals surface area (Å²) in [5, 5.41) is 9.05. The first-order chi connectivity index (χ1) is 8.57. The molecule has 4 heteroatoms. The highest BCUT2D eigenvalue weighted by molar-refractivity contribution is 6.03. The molecule has 1 heterocycles. The number of carboxylic acids is 1. The Morgan fingerprint density at radius 3 is 2.44 bits per heavy atom. The maximum atomic E-state index is 11.3. The normalized spacial score (nSPS) is 19.2. The number of aliphatic carboxylic acids is 1. The zero-order valence-electron chi connectivity index (χ0n) is 11.2. The minimum Gasteiger partial charge on any atom is -0.478 e. The van der Waals surface area contributed by atoms with Crippen LogP contribution in [0.25, 0.3) is 0 Å². The molecule has 0 bridgehead atoms. The minimum atomic E-state index is -1.03. The summed E-state index contributed by atoms with van der Waals surface area (Å²) in [7, 11) is 0. The number of hydrogen-bond acceptors (Lipinski definition) is 3. The average molecular weight is 254 g/mol. The molecule has 102 valence electrons. The molecule has 0 aliphatic carbocycles. The molecule has 1 aliphatic heterocycles. The Labute approximate surface area is 108 Å². The van der Waals surface area contributed by atoms with Crippen molar-refractivity contribution in [3.63, 3.8) is 0 Å². The quantitative estimate of drug-likeness (QED) is 0.534. The molecule has 0 fully saturated rings. The topological polar surface area (TPSA) is 63.6 Å². The van der Waals surface area contributed by atoms with Crippen molar-refractivity contribution < 1.29 is 19.4 Å². The number of unbranched alkanes of at least 4 members (excludes halogenated alkanes) is 5. The molecule has 1 rings (SSSR count). The highest BCUT2D eigenvalue weighted by Gasteiger charge is 2.35. The first-order valence-corrected chi connectivity index (χ1v) is 6.73. The summed E-state index contributed by atoms with van der Waals surface area (Å²) in [6.45, 7) is 3.69. The minimum absolute atomic E-state index is 0.147. The molecule has 0 radical (unpaired) electrons. The van der Waals surface area contributed by atoms with Crippen LogP contribution < -0.4 is 0 Å². The maximum Gasteiger partial charge on any atom is 0.335 e. The fraction of sp³-hybridized carbons (Fsp3) is 0.714. The lowest BCUT2D eigenvalue weighted by molar-refractivity contribution is -0.140. The summed E-state index contributed by atoms with van der Waals surface area (Å²) in [5.74, 6) is -1.52. The van der Waals surface area contributed by atoms with Crippen LogP contribution in [0.1, 0.15) is 58.8 Å². The van der Waals surface area contributed by atoms with E-state index < -0.39 is 18.0 Å². The lowest BCUT2D eigenvalue weighted by atomic mass is 10.0. The Morgan fingerprint density at radius 2 is 1.83 bits per heavy atom. The summed E-state index contributed by atoms with van der Waals surface area (Å²) in [6, 6.07) is 0. The smallest absolute Gasteiger partial charge is 0.335 e. The fourth-order valence-electron chi connectivity index (χ4n) is 2.24. The van der Waals surface area contributed by atoms with Gasteiger partial charge in [-0.1, -0.05) is 39.0 Å². The summed E-state index contributed by atoms with van der Waals surface area (Å²) in [6.07, 6.45) is 6.91. The third kappa shape index (κ3) is 3.86. The van der Waals surface area contributed by atoms with Crippen molar-refractivity contribution >= 4 is 11.9 Å². The van der Waals surface area contributed by atoms with E-state index in [9.17, 15) is 9.59 Å². The number of ether oxygens (including phenoxy) is 1. The molecule has 18 heavy (non-hydrogen) atoms. The third-order valence-corrected chi connectivity index (χ3v) is 3.33. The monoisotopic (exact) mass is 254 g/mol. The molecule has 0 amide bonds. The number of rotatable bonds is 8. The number of hydrogen-bond donors (Lipinski definition) is 1. The number of cyclic esters (lactones) is 1. The van der Waals surface area contributed by atoms with Gasteiger partial charge in [0.2, 0.25) is 0 Å². The van der Waals surface area contributed by atoms with E-state index in [-0.39, 0.29) is 11.1 Å². The molecular weight excluding hydrogens is 232 g/mol.